The largest absolute Gasteiger partial charge is 0.456 e. The van der Waals surface area contributed by atoms with E-state index < -0.39 is 0 Å². The number of benzene rings is 7. The lowest BCUT2D eigenvalue weighted by Gasteiger charge is -2.12. The van der Waals surface area contributed by atoms with Gasteiger partial charge in [-0.25, -0.2) is 9.97 Å². The zero-order valence-corrected chi connectivity index (χ0v) is 30.1. The van der Waals surface area contributed by atoms with Crippen LogP contribution in [0.25, 0.3) is 111 Å². The van der Waals surface area contributed by atoms with Crippen LogP contribution in [0.5, 0.6) is 0 Å². The van der Waals surface area contributed by atoms with E-state index in [1.807, 2.05) is 72.9 Å². The summed E-state index contributed by atoms with van der Waals surface area (Å²) in [6.45, 7) is 0. The molecule has 5 heteroatoms. The van der Waals surface area contributed by atoms with Crippen LogP contribution in [-0.4, -0.2) is 15.0 Å². The zero-order valence-electron chi connectivity index (χ0n) is 30.1. The molecule has 0 unspecified atom stereocenters. The van der Waals surface area contributed by atoms with Crippen molar-refractivity contribution in [3.8, 4) is 67.4 Å². The maximum Gasteiger partial charge on any atom is 0.160 e. The van der Waals surface area contributed by atoms with Gasteiger partial charge in [0.05, 0.1) is 17.1 Å². The molecular weight excluding hydrogens is 687 g/mol. The quantitative estimate of drug-likeness (QED) is 0.171. The highest BCUT2D eigenvalue weighted by Crippen LogP contribution is 2.43. The monoisotopic (exact) mass is 717 g/mol. The predicted octanol–water partition coefficient (Wildman–Crippen LogP) is 13.7. The number of hydrogen-bond donors (Lipinski definition) is 0. The molecule has 0 amide bonds. The summed E-state index contributed by atoms with van der Waals surface area (Å²) >= 11 is 0. The minimum absolute atomic E-state index is 0.659. The second-order valence-corrected chi connectivity index (χ2v) is 14.0. The van der Waals surface area contributed by atoms with Gasteiger partial charge in [0.25, 0.3) is 0 Å². The van der Waals surface area contributed by atoms with Gasteiger partial charge in [-0.15, -0.1) is 0 Å². The van der Waals surface area contributed by atoms with Crippen molar-refractivity contribution in [3.05, 3.63) is 188 Å². The first-order valence-electron chi connectivity index (χ1n) is 18.7. The van der Waals surface area contributed by atoms with Crippen LogP contribution in [0.4, 0.5) is 0 Å². The summed E-state index contributed by atoms with van der Waals surface area (Å²) in [5.41, 5.74) is 14.4. The molecule has 0 bridgehead atoms. The topological polar surface area (TPSA) is 65.0 Å². The van der Waals surface area contributed by atoms with Crippen molar-refractivity contribution in [2.75, 3.05) is 0 Å². The number of nitrogens with zero attached hydrogens (tertiary/aromatic N) is 3. The van der Waals surface area contributed by atoms with Gasteiger partial charge in [-0.2, -0.15) is 0 Å². The van der Waals surface area contributed by atoms with Crippen LogP contribution >= 0.6 is 0 Å². The molecule has 0 saturated carbocycles. The molecular formula is C51H31N3O2. The van der Waals surface area contributed by atoms with Crippen LogP contribution in [-0.2, 0) is 0 Å². The van der Waals surface area contributed by atoms with Crippen LogP contribution in [0.15, 0.2) is 197 Å². The van der Waals surface area contributed by atoms with Crippen LogP contribution in [0.1, 0.15) is 0 Å². The van der Waals surface area contributed by atoms with Gasteiger partial charge in [0, 0.05) is 55.6 Å². The summed E-state index contributed by atoms with van der Waals surface area (Å²) in [7, 11) is 0. The first-order valence-corrected chi connectivity index (χ1v) is 18.7. The average molecular weight is 718 g/mol. The number of fused-ring (bicyclic) bond motifs is 6. The van der Waals surface area contributed by atoms with Crippen LogP contribution < -0.4 is 0 Å². The molecule has 0 N–H and O–H groups in total. The first-order chi connectivity index (χ1) is 27.7. The molecule has 7 aromatic carbocycles. The second-order valence-electron chi connectivity index (χ2n) is 14.0. The number of para-hydroxylation sites is 2. The Bertz CT molecular complexity index is 3240. The van der Waals surface area contributed by atoms with Crippen molar-refractivity contribution in [1.82, 2.24) is 15.0 Å². The first kappa shape index (κ1) is 31.9. The third-order valence-corrected chi connectivity index (χ3v) is 10.6. The molecule has 5 nitrogen and oxygen atoms in total. The van der Waals surface area contributed by atoms with Crippen LogP contribution in [0, 0.1) is 0 Å². The fraction of sp³-hybridized carbons (Fsp3) is 0. The molecule has 0 aliphatic heterocycles. The molecule has 0 atom stereocenters. The minimum atomic E-state index is 0.659. The number of hydrogen-bond acceptors (Lipinski definition) is 5. The van der Waals surface area contributed by atoms with Gasteiger partial charge in [0.2, 0.25) is 0 Å². The second kappa shape index (κ2) is 13.0. The van der Waals surface area contributed by atoms with E-state index in [1.54, 1.807) is 0 Å². The van der Waals surface area contributed by atoms with E-state index in [-0.39, 0.29) is 0 Å². The Balaban J connectivity index is 1.02. The molecule has 4 heterocycles. The Morgan fingerprint density at radius 1 is 0.339 bits per heavy atom. The molecule has 0 saturated heterocycles. The molecule has 0 radical (unpaired) electrons. The summed E-state index contributed by atoms with van der Waals surface area (Å²) in [6.07, 6.45) is 1.81. The van der Waals surface area contributed by atoms with E-state index in [0.29, 0.717) is 5.82 Å². The van der Waals surface area contributed by atoms with E-state index in [1.165, 1.54) is 0 Å². The lowest BCUT2D eigenvalue weighted by Crippen LogP contribution is -1.96. The van der Waals surface area contributed by atoms with Gasteiger partial charge in [0.1, 0.15) is 22.3 Å². The Labute approximate surface area is 322 Å². The van der Waals surface area contributed by atoms with Gasteiger partial charge < -0.3 is 8.83 Å². The molecule has 56 heavy (non-hydrogen) atoms. The third kappa shape index (κ3) is 5.45. The van der Waals surface area contributed by atoms with E-state index in [2.05, 4.69) is 120 Å². The maximum atomic E-state index is 6.68. The van der Waals surface area contributed by atoms with E-state index >= 15 is 0 Å². The zero-order chi connectivity index (χ0) is 37.0. The van der Waals surface area contributed by atoms with Crippen LogP contribution in [0.3, 0.4) is 0 Å². The van der Waals surface area contributed by atoms with Gasteiger partial charge >= 0.3 is 0 Å². The fourth-order valence-electron chi connectivity index (χ4n) is 7.84. The SMILES string of the molecule is c1ccc(-c2cc(-c3ccc(-c4ccc(-c5ccc6oc7ccccc7c6c5)c5oc6ccccc6c45)cc3)nc(-c3cccc(-c4ccccn4)c3)n2)cc1. The molecule has 4 aromatic heterocycles. The van der Waals surface area contributed by atoms with Gasteiger partial charge in [-0.1, -0.05) is 127 Å². The van der Waals surface area contributed by atoms with Gasteiger partial charge in [-0.05, 0) is 71.3 Å². The average Bonchev–Trinajstić information content (AvgIpc) is 3.85. The highest BCUT2D eigenvalue weighted by molar-refractivity contribution is 6.17. The Morgan fingerprint density at radius 3 is 1.77 bits per heavy atom. The lowest BCUT2D eigenvalue weighted by atomic mass is 9.93. The van der Waals surface area contributed by atoms with E-state index in [0.717, 1.165) is 105 Å². The molecule has 0 aliphatic rings. The fourth-order valence-corrected chi connectivity index (χ4v) is 7.84. The Morgan fingerprint density at radius 2 is 0.964 bits per heavy atom. The van der Waals surface area contributed by atoms with Crippen molar-refractivity contribution in [3.63, 3.8) is 0 Å². The van der Waals surface area contributed by atoms with Crippen molar-refractivity contribution in [2.45, 2.75) is 0 Å². The molecule has 0 spiro atoms. The van der Waals surface area contributed by atoms with Crippen molar-refractivity contribution in [1.29, 1.82) is 0 Å². The summed E-state index contributed by atoms with van der Waals surface area (Å²) in [6, 6.07) is 62.5. The van der Waals surface area contributed by atoms with E-state index in [9.17, 15) is 0 Å². The van der Waals surface area contributed by atoms with Crippen molar-refractivity contribution < 1.29 is 8.83 Å². The van der Waals surface area contributed by atoms with E-state index in [4.69, 9.17) is 18.8 Å². The molecule has 262 valence electrons. The standard InChI is InChI=1S/C51H31N3O2/c1-2-11-33(12-3-1)44-31-45(54-51(53-44)37-14-10-13-36(29-37)43-17-8-9-28-52-43)34-22-20-32(21-23-34)38-25-26-39(50-49(38)41-16-5-7-19-47(41)56-50)35-24-27-48-42(30-35)40-15-4-6-18-46(40)55-48/h1-31H. The highest BCUT2D eigenvalue weighted by Gasteiger charge is 2.19. The Hall–Kier alpha value is -7.63. The molecule has 0 aliphatic carbocycles. The maximum absolute atomic E-state index is 6.68. The van der Waals surface area contributed by atoms with Crippen molar-refractivity contribution >= 4 is 43.9 Å². The minimum Gasteiger partial charge on any atom is -0.456 e. The molecule has 0 fully saturated rings. The normalized spacial score (nSPS) is 11.6. The summed E-state index contributed by atoms with van der Waals surface area (Å²) in [5, 5.41) is 4.36. The lowest BCUT2D eigenvalue weighted by molar-refractivity contribution is 0.668. The number of rotatable bonds is 6. The van der Waals surface area contributed by atoms with Gasteiger partial charge in [-0.3, -0.25) is 4.98 Å². The summed E-state index contributed by atoms with van der Waals surface area (Å²) in [4.78, 5) is 14.8. The predicted molar refractivity (Wildman–Crippen MR) is 227 cm³/mol. The van der Waals surface area contributed by atoms with Gasteiger partial charge in [0.15, 0.2) is 5.82 Å². The summed E-state index contributed by atoms with van der Waals surface area (Å²) < 4.78 is 12.8. The molecule has 11 aromatic rings. The molecule has 11 rings (SSSR count). The Kier molecular flexibility index (Phi) is 7.42. The number of pyridine rings is 1. The summed E-state index contributed by atoms with van der Waals surface area (Å²) in [5.74, 6) is 0.659. The smallest absolute Gasteiger partial charge is 0.160 e. The third-order valence-electron chi connectivity index (χ3n) is 10.6. The van der Waals surface area contributed by atoms with Crippen molar-refractivity contribution in [2.24, 2.45) is 0 Å². The number of aromatic nitrogens is 3. The van der Waals surface area contributed by atoms with Crippen LogP contribution in [0.2, 0.25) is 0 Å². The number of furan rings is 2. The highest BCUT2D eigenvalue weighted by atomic mass is 16.3.